The summed E-state index contributed by atoms with van der Waals surface area (Å²) in [5.74, 6) is 1.12. The molecule has 5 rings (SSSR count). The van der Waals surface area contributed by atoms with Crippen molar-refractivity contribution in [2.75, 3.05) is 31.1 Å². The number of nitrogens with one attached hydrogen (secondary N) is 1. The molecular formula is C28H33N7OS. The Morgan fingerprint density at radius 1 is 1.22 bits per heavy atom. The molecule has 5 heterocycles. The zero-order valence-corrected chi connectivity index (χ0v) is 22.4. The number of carbonyl (C=O) groups is 1. The van der Waals surface area contributed by atoms with E-state index in [-0.39, 0.29) is 11.7 Å². The highest BCUT2D eigenvalue weighted by atomic mass is 32.1. The van der Waals surface area contributed by atoms with Gasteiger partial charge in [-0.2, -0.15) is 5.10 Å². The molecule has 1 atom stereocenters. The standard InChI is InChI=1S/C28H33N7OS/c1-4-33(5-2)19(3)8-9-25(36)21-13-24(31-27(14-21)34-17-20(15-29)18-34)22-16-30-35-11-10-23(32-28(22)35)26-7-6-12-37-26/h6-7,10-16,19-20,29H,4-5,8-9,17-18H2,1-3H3/t19-/m0/s1. The van der Waals surface area contributed by atoms with Gasteiger partial charge in [0.2, 0.25) is 0 Å². The van der Waals surface area contributed by atoms with Crippen LogP contribution in [0.1, 0.15) is 44.0 Å². The molecule has 1 aliphatic rings. The van der Waals surface area contributed by atoms with Crippen LogP contribution in [0.3, 0.4) is 0 Å². The van der Waals surface area contributed by atoms with Gasteiger partial charge >= 0.3 is 0 Å². The number of ketones is 1. The van der Waals surface area contributed by atoms with E-state index < -0.39 is 0 Å². The number of hydrogen-bond acceptors (Lipinski definition) is 8. The lowest BCUT2D eigenvalue weighted by atomic mass is 9.99. The average Bonchev–Trinajstić information content (AvgIpc) is 3.57. The summed E-state index contributed by atoms with van der Waals surface area (Å²) >= 11 is 1.65. The molecule has 0 unspecified atom stereocenters. The zero-order valence-electron chi connectivity index (χ0n) is 21.6. The Balaban J connectivity index is 1.49. The summed E-state index contributed by atoms with van der Waals surface area (Å²) in [5, 5.41) is 14.1. The van der Waals surface area contributed by atoms with Crippen molar-refractivity contribution >= 4 is 34.8 Å². The van der Waals surface area contributed by atoms with Gasteiger partial charge in [-0.25, -0.2) is 14.5 Å². The lowest BCUT2D eigenvalue weighted by molar-refractivity contribution is 0.0964. The molecule has 1 N–H and O–H groups in total. The van der Waals surface area contributed by atoms with Crippen LogP contribution >= 0.6 is 11.3 Å². The fourth-order valence-electron chi connectivity index (χ4n) is 4.91. The molecule has 0 amide bonds. The first-order chi connectivity index (χ1) is 18.0. The molecule has 9 heteroatoms. The van der Waals surface area contributed by atoms with Gasteiger partial charge in [-0.3, -0.25) is 4.79 Å². The monoisotopic (exact) mass is 515 g/mol. The number of rotatable bonds is 11. The Morgan fingerprint density at radius 3 is 2.73 bits per heavy atom. The van der Waals surface area contributed by atoms with Gasteiger partial charge in [-0.05, 0) is 56.1 Å². The van der Waals surface area contributed by atoms with Crippen LogP contribution < -0.4 is 4.90 Å². The van der Waals surface area contributed by atoms with E-state index in [1.807, 2.05) is 35.8 Å². The highest BCUT2D eigenvalue weighted by Gasteiger charge is 2.27. The van der Waals surface area contributed by atoms with Crippen LogP contribution in [0.2, 0.25) is 0 Å². The van der Waals surface area contributed by atoms with Crippen molar-refractivity contribution in [3.8, 4) is 21.8 Å². The third kappa shape index (κ3) is 5.19. The molecule has 0 aromatic carbocycles. The topological polar surface area (TPSA) is 90.5 Å². The first kappa shape index (κ1) is 25.2. The average molecular weight is 516 g/mol. The van der Waals surface area contributed by atoms with Crippen LogP contribution in [-0.2, 0) is 0 Å². The second-order valence-corrected chi connectivity index (χ2v) is 10.5. The molecule has 0 bridgehead atoms. The van der Waals surface area contributed by atoms with E-state index in [0.717, 1.165) is 54.6 Å². The Bertz CT molecular complexity index is 1390. The second kappa shape index (κ2) is 10.9. The summed E-state index contributed by atoms with van der Waals surface area (Å²) in [4.78, 5) is 28.8. The number of pyridine rings is 1. The third-order valence-electron chi connectivity index (χ3n) is 7.25. The van der Waals surface area contributed by atoms with Crippen molar-refractivity contribution in [3.63, 3.8) is 0 Å². The van der Waals surface area contributed by atoms with Crippen molar-refractivity contribution < 1.29 is 4.79 Å². The maximum absolute atomic E-state index is 13.4. The Morgan fingerprint density at radius 2 is 2.03 bits per heavy atom. The van der Waals surface area contributed by atoms with Crippen molar-refractivity contribution in [1.82, 2.24) is 24.5 Å². The van der Waals surface area contributed by atoms with Gasteiger partial charge in [0, 0.05) is 49.4 Å². The molecule has 0 saturated carbocycles. The third-order valence-corrected chi connectivity index (χ3v) is 8.14. The number of thiophene rings is 1. The van der Waals surface area contributed by atoms with Crippen LogP contribution in [0.5, 0.6) is 0 Å². The minimum absolute atomic E-state index is 0.122. The van der Waals surface area contributed by atoms with E-state index in [9.17, 15) is 4.79 Å². The van der Waals surface area contributed by atoms with Crippen LogP contribution in [0.4, 0.5) is 5.82 Å². The molecule has 0 radical (unpaired) electrons. The van der Waals surface area contributed by atoms with Crippen LogP contribution in [0.25, 0.3) is 27.5 Å². The summed E-state index contributed by atoms with van der Waals surface area (Å²) in [7, 11) is 0. The fourth-order valence-corrected chi connectivity index (χ4v) is 5.60. The first-order valence-electron chi connectivity index (χ1n) is 12.9. The Kier molecular flexibility index (Phi) is 7.43. The zero-order chi connectivity index (χ0) is 25.9. The predicted molar refractivity (Wildman–Crippen MR) is 150 cm³/mol. The number of nitrogens with zero attached hydrogens (tertiary/aromatic N) is 6. The largest absolute Gasteiger partial charge is 0.355 e. The highest BCUT2D eigenvalue weighted by Crippen LogP contribution is 2.31. The van der Waals surface area contributed by atoms with E-state index in [1.165, 1.54) is 6.21 Å². The van der Waals surface area contributed by atoms with Crippen molar-refractivity contribution in [3.05, 3.63) is 53.7 Å². The first-order valence-corrected chi connectivity index (χ1v) is 13.8. The number of hydrogen-bond donors (Lipinski definition) is 1. The smallest absolute Gasteiger partial charge is 0.165 e. The number of fused-ring (bicyclic) bond motifs is 1. The lowest BCUT2D eigenvalue weighted by Gasteiger charge is -2.38. The minimum atomic E-state index is 0.122. The maximum Gasteiger partial charge on any atom is 0.165 e. The van der Waals surface area contributed by atoms with Crippen molar-refractivity contribution in [2.24, 2.45) is 5.92 Å². The second-order valence-electron chi connectivity index (χ2n) is 9.58. The van der Waals surface area contributed by atoms with E-state index in [2.05, 4.69) is 41.7 Å². The lowest BCUT2D eigenvalue weighted by Crippen LogP contribution is -2.47. The molecule has 4 aromatic heterocycles. The van der Waals surface area contributed by atoms with Gasteiger partial charge in [-0.15, -0.1) is 11.3 Å². The maximum atomic E-state index is 13.4. The van der Waals surface area contributed by atoms with E-state index >= 15 is 0 Å². The summed E-state index contributed by atoms with van der Waals surface area (Å²) in [5.41, 5.74) is 3.76. The molecule has 37 heavy (non-hydrogen) atoms. The molecule has 192 valence electrons. The van der Waals surface area contributed by atoms with Crippen molar-refractivity contribution in [2.45, 2.75) is 39.7 Å². The number of Topliss-reactive ketones (excluding diaryl/α,β-unsaturated/α-hetero) is 1. The molecule has 8 nitrogen and oxygen atoms in total. The van der Waals surface area contributed by atoms with Gasteiger partial charge in [0.1, 0.15) is 5.82 Å². The van der Waals surface area contributed by atoms with Crippen LogP contribution in [-0.4, -0.2) is 68.7 Å². The highest BCUT2D eigenvalue weighted by molar-refractivity contribution is 7.13. The molecule has 1 aliphatic heterocycles. The Hall–Kier alpha value is -3.43. The van der Waals surface area contributed by atoms with E-state index in [0.29, 0.717) is 29.4 Å². The van der Waals surface area contributed by atoms with Gasteiger partial charge in [0.05, 0.1) is 28.0 Å². The molecule has 0 aliphatic carbocycles. The molecule has 4 aromatic rings. The summed E-state index contributed by atoms with van der Waals surface area (Å²) < 4.78 is 1.75. The summed E-state index contributed by atoms with van der Waals surface area (Å²) in [6.45, 7) is 9.95. The fraction of sp³-hybridized carbons (Fsp3) is 0.393. The molecule has 1 fully saturated rings. The van der Waals surface area contributed by atoms with Gasteiger partial charge in [0.15, 0.2) is 11.4 Å². The molecule has 1 saturated heterocycles. The van der Waals surface area contributed by atoms with E-state index in [4.69, 9.17) is 15.4 Å². The number of carbonyl (C=O) groups excluding carboxylic acids is 1. The molecule has 0 spiro atoms. The SMILES string of the molecule is CCN(CC)[C@@H](C)CCC(=O)c1cc(-c2cnn3ccc(-c4cccs4)nc23)nc(N2CC(C=N)C2)c1. The number of anilines is 1. The van der Waals surface area contributed by atoms with Gasteiger partial charge < -0.3 is 15.2 Å². The van der Waals surface area contributed by atoms with Crippen LogP contribution in [0.15, 0.2) is 48.1 Å². The van der Waals surface area contributed by atoms with Crippen molar-refractivity contribution in [1.29, 1.82) is 5.41 Å². The molecular weight excluding hydrogens is 482 g/mol. The Labute approximate surface area is 221 Å². The quantitative estimate of drug-likeness (QED) is 0.215. The summed E-state index contributed by atoms with van der Waals surface area (Å²) in [6, 6.07) is 10.2. The number of aromatic nitrogens is 4. The predicted octanol–water partition coefficient (Wildman–Crippen LogP) is 5.30. The van der Waals surface area contributed by atoms with E-state index in [1.54, 1.807) is 22.0 Å². The summed E-state index contributed by atoms with van der Waals surface area (Å²) in [6.07, 6.45) is 6.48. The van der Waals surface area contributed by atoms with Crippen LogP contribution in [0, 0.1) is 11.3 Å². The van der Waals surface area contributed by atoms with Gasteiger partial charge in [-0.1, -0.05) is 19.9 Å². The van der Waals surface area contributed by atoms with Gasteiger partial charge in [0.25, 0.3) is 0 Å². The normalized spacial score (nSPS) is 14.8. The minimum Gasteiger partial charge on any atom is -0.355 e.